The Balaban J connectivity index is 2.16. The van der Waals surface area contributed by atoms with Crippen molar-refractivity contribution in [2.45, 2.75) is 13.0 Å². The molecule has 0 aliphatic rings. The fourth-order valence-corrected chi connectivity index (χ4v) is 3.43. The molecule has 1 aromatic heterocycles. The number of sulfonamides is 1. The Labute approximate surface area is 152 Å². The second-order valence-corrected chi connectivity index (χ2v) is 7.31. The van der Waals surface area contributed by atoms with Crippen molar-refractivity contribution in [2.75, 3.05) is 17.7 Å². The number of carbonyl (C=O) groups is 1. The first kappa shape index (κ1) is 19.4. The number of nitrogens with zero attached hydrogens (tertiary/aromatic N) is 3. The van der Waals surface area contributed by atoms with Crippen LogP contribution in [-0.4, -0.2) is 44.9 Å². The van der Waals surface area contributed by atoms with Gasteiger partial charge in [-0.25, -0.2) is 13.8 Å². The van der Waals surface area contributed by atoms with Gasteiger partial charge in [0.1, 0.15) is 11.8 Å². The van der Waals surface area contributed by atoms with E-state index in [2.05, 4.69) is 15.5 Å². The maximum Gasteiger partial charge on any atom is 0.263 e. The number of hydrogen-bond donors (Lipinski definition) is 1. The number of aromatic nitrogens is 1. The summed E-state index contributed by atoms with van der Waals surface area (Å²) in [5.41, 5.74) is 3.41. The highest BCUT2D eigenvalue weighted by atomic mass is 32.2. The van der Waals surface area contributed by atoms with Crippen LogP contribution in [0.25, 0.3) is 0 Å². The molecule has 1 heterocycles. The van der Waals surface area contributed by atoms with Gasteiger partial charge in [-0.05, 0) is 37.3 Å². The molecule has 0 saturated carbocycles. The van der Waals surface area contributed by atoms with E-state index >= 15 is 0 Å². The minimum Gasteiger partial charge on any atom is -0.497 e. The molecule has 0 aliphatic heterocycles. The van der Waals surface area contributed by atoms with Crippen LogP contribution in [0.3, 0.4) is 0 Å². The van der Waals surface area contributed by atoms with Gasteiger partial charge in [0.05, 0.1) is 25.3 Å². The van der Waals surface area contributed by atoms with Gasteiger partial charge in [-0.15, -0.1) is 0 Å². The molecule has 138 valence electrons. The number of hydrogen-bond acceptors (Lipinski definition) is 6. The number of ether oxygens (including phenoxy) is 1. The molecule has 1 aromatic carbocycles. The van der Waals surface area contributed by atoms with Crippen LogP contribution in [0.15, 0.2) is 53.9 Å². The van der Waals surface area contributed by atoms with Crippen molar-refractivity contribution in [3.63, 3.8) is 0 Å². The number of pyridine rings is 1. The van der Waals surface area contributed by atoms with E-state index in [1.807, 2.05) is 0 Å². The van der Waals surface area contributed by atoms with E-state index in [-0.39, 0.29) is 0 Å². The molecular formula is C17H20N4O4S. The normalized spacial score (nSPS) is 12.6. The Bertz CT molecular complexity index is 867. The molecule has 2 aromatic rings. The highest BCUT2D eigenvalue weighted by Crippen LogP contribution is 2.23. The molecule has 0 bridgehead atoms. The Morgan fingerprint density at radius 3 is 2.54 bits per heavy atom. The first-order chi connectivity index (χ1) is 12.3. The second-order valence-electron chi connectivity index (χ2n) is 5.45. The maximum absolute atomic E-state index is 12.3. The van der Waals surface area contributed by atoms with Gasteiger partial charge in [-0.3, -0.25) is 14.1 Å². The van der Waals surface area contributed by atoms with Crippen molar-refractivity contribution in [3.05, 3.63) is 54.4 Å². The summed E-state index contributed by atoms with van der Waals surface area (Å²) in [4.78, 5) is 16.3. The van der Waals surface area contributed by atoms with Gasteiger partial charge in [-0.2, -0.15) is 5.10 Å². The molecule has 1 amide bonds. The molecule has 0 saturated heterocycles. The maximum atomic E-state index is 12.3. The zero-order valence-electron chi connectivity index (χ0n) is 14.7. The van der Waals surface area contributed by atoms with Gasteiger partial charge in [0.15, 0.2) is 0 Å². The molecule has 2 rings (SSSR count). The zero-order valence-corrected chi connectivity index (χ0v) is 15.5. The van der Waals surface area contributed by atoms with E-state index in [4.69, 9.17) is 4.74 Å². The Kier molecular flexibility index (Phi) is 6.29. The van der Waals surface area contributed by atoms with Gasteiger partial charge in [-0.1, -0.05) is 6.07 Å². The predicted molar refractivity (Wildman–Crippen MR) is 99.8 cm³/mol. The summed E-state index contributed by atoms with van der Waals surface area (Å²) in [7, 11) is -2.18. The van der Waals surface area contributed by atoms with Crippen molar-refractivity contribution in [2.24, 2.45) is 5.10 Å². The lowest BCUT2D eigenvalue weighted by atomic mass is 10.2. The van der Waals surface area contributed by atoms with Crippen LogP contribution in [0.1, 0.15) is 12.5 Å². The molecule has 1 unspecified atom stereocenters. The number of hydrazone groups is 1. The molecule has 0 aliphatic carbocycles. The summed E-state index contributed by atoms with van der Waals surface area (Å²) >= 11 is 0. The topological polar surface area (TPSA) is 101 Å². The summed E-state index contributed by atoms with van der Waals surface area (Å²) in [5.74, 6) is 0.0201. The summed E-state index contributed by atoms with van der Waals surface area (Å²) in [5, 5.41) is 3.84. The van der Waals surface area contributed by atoms with Crippen LogP contribution in [0, 0.1) is 0 Å². The third-order valence-corrected chi connectivity index (χ3v) is 4.73. The fourth-order valence-electron chi connectivity index (χ4n) is 2.25. The first-order valence-corrected chi connectivity index (χ1v) is 9.54. The molecule has 26 heavy (non-hydrogen) atoms. The van der Waals surface area contributed by atoms with Crippen molar-refractivity contribution >= 4 is 27.8 Å². The van der Waals surface area contributed by atoms with E-state index < -0.39 is 22.0 Å². The summed E-state index contributed by atoms with van der Waals surface area (Å²) in [6.07, 6.45) is 5.67. The third-order valence-electron chi connectivity index (χ3n) is 3.49. The SMILES string of the molecule is COc1ccc(N(C(C)C(=O)NN=Cc2cccnc2)S(C)(=O)=O)cc1. The number of rotatable bonds is 7. The van der Waals surface area contributed by atoms with Crippen molar-refractivity contribution in [3.8, 4) is 5.75 Å². The monoisotopic (exact) mass is 376 g/mol. The smallest absolute Gasteiger partial charge is 0.263 e. The average molecular weight is 376 g/mol. The molecule has 1 atom stereocenters. The third kappa shape index (κ3) is 5.03. The van der Waals surface area contributed by atoms with Crippen LogP contribution in [0.4, 0.5) is 5.69 Å². The summed E-state index contributed by atoms with van der Waals surface area (Å²) in [6.45, 7) is 1.49. The van der Waals surface area contributed by atoms with Gasteiger partial charge in [0.25, 0.3) is 5.91 Å². The minimum absolute atomic E-state index is 0.354. The molecule has 0 spiro atoms. The lowest BCUT2D eigenvalue weighted by Gasteiger charge is -2.27. The number of benzene rings is 1. The van der Waals surface area contributed by atoms with Crippen molar-refractivity contribution in [1.82, 2.24) is 10.4 Å². The van der Waals surface area contributed by atoms with E-state index in [9.17, 15) is 13.2 Å². The van der Waals surface area contributed by atoms with E-state index in [0.717, 1.165) is 10.6 Å². The zero-order chi connectivity index (χ0) is 19.2. The Morgan fingerprint density at radius 2 is 2.00 bits per heavy atom. The summed E-state index contributed by atoms with van der Waals surface area (Å²) in [6, 6.07) is 8.90. The minimum atomic E-state index is -3.69. The predicted octanol–water partition coefficient (Wildman–Crippen LogP) is 1.39. The Hall–Kier alpha value is -2.94. The number of methoxy groups -OCH3 is 1. The van der Waals surface area contributed by atoms with Crippen LogP contribution in [-0.2, 0) is 14.8 Å². The van der Waals surface area contributed by atoms with E-state index in [1.54, 1.807) is 48.8 Å². The molecule has 9 heteroatoms. The van der Waals surface area contributed by atoms with Gasteiger partial charge in [0, 0.05) is 18.0 Å². The largest absolute Gasteiger partial charge is 0.497 e. The van der Waals surface area contributed by atoms with E-state index in [0.29, 0.717) is 17.0 Å². The van der Waals surface area contributed by atoms with Crippen molar-refractivity contribution < 1.29 is 17.9 Å². The Morgan fingerprint density at radius 1 is 1.31 bits per heavy atom. The van der Waals surface area contributed by atoms with Crippen LogP contribution >= 0.6 is 0 Å². The van der Waals surface area contributed by atoms with Crippen molar-refractivity contribution in [1.29, 1.82) is 0 Å². The average Bonchev–Trinajstić information content (AvgIpc) is 2.62. The lowest BCUT2D eigenvalue weighted by molar-refractivity contribution is -0.121. The molecule has 0 radical (unpaired) electrons. The lowest BCUT2D eigenvalue weighted by Crippen LogP contribution is -2.46. The van der Waals surface area contributed by atoms with Gasteiger partial charge < -0.3 is 4.74 Å². The molecule has 1 N–H and O–H groups in total. The van der Waals surface area contributed by atoms with Crippen LogP contribution in [0.2, 0.25) is 0 Å². The highest BCUT2D eigenvalue weighted by Gasteiger charge is 2.29. The number of nitrogens with one attached hydrogen (secondary N) is 1. The highest BCUT2D eigenvalue weighted by molar-refractivity contribution is 7.92. The van der Waals surface area contributed by atoms with Gasteiger partial charge in [0.2, 0.25) is 10.0 Å². The fraction of sp³-hybridized carbons (Fsp3) is 0.235. The second kappa shape index (κ2) is 8.43. The number of anilines is 1. The molecule has 8 nitrogen and oxygen atoms in total. The quantitative estimate of drug-likeness (QED) is 0.581. The molecule has 0 fully saturated rings. The van der Waals surface area contributed by atoms with Gasteiger partial charge >= 0.3 is 0 Å². The van der Waals surface area contributed by atoms with Crippen LogP contribution < -0.4 is 14.5 Å². The standard InChI is InChI=1S/C17H20N4O4S/c1-13(17(22)20-19-12-14-5-4-10-18-11-14)21(26(3,23)24)15-6-8-16(25-2)9-7-15/h4-13H,1-3H3,(H,20,22). The first-order valence-electron chi connectivity index (χ1n) is 7.69. The summed E-state index contributed by atoms with van der Waals surface area (Å²) < 4.78 is 30.5. The number of carbonyl (C=O) groups excluding carboxylic acids is 1. The van der Waals surface area contributed by atoms with E-state index in [1.165, 1.54) is 20.2 Å². The van der Waals surface area contributed by atoms with Crippen LogP contribution in [0.5, 0.6) is 5.75 Å². The number of amides is 1. The molecular weight excluding hydrogens is 356 g/mol.